The van der Waals surface area contributed by atoms with Crippen molar-refractivity contribution in [3.63, 3.8) is 0 Å². The Morgan fingerprint density at radius 3 is 2.32 bits per heavy atom. The van der Waals surface area contributed by atoms with Crippen LogP contribution in [0.1, 0.15) is 69.5 Å². The first-order valence-electron chi connectivity index (χ1n) is 18.9. The van der Waals surface area contributed by atoms with Gasteiger partial charge in [-0.05, 0) is 55.5 Å². The molecule has 3 saturated carbocycles. The number of Topliss-reactive ketones (excluding diaryl/α,β-unsaturated/α-hetero) is 2. The van der Waals surface area contributed by atoms with Crippen molar-refractivity contribution in [2.45, 2.75) is 50.6 Å². The number of ether oxygens (including phenoxy) is 3. The monoisotopic (exact) mass is 780 g/mol. The van der Waals surface area contributed by atoms with E-state index in [1.54, 1.807) is 50.4 Å². The van der Waals surface area contributed by atoms with Crippen molar-refractivity contribution in [1.29, 1.82) is 0 Å². The molecule has 2 aromatic carbocycles. The number of imide groups is 1. The highest BCUT2D eigenvalue weighted by atomic mass is 16.5. The lowest BCUT2D eigenvalue weighted by molar-refractivity contribution is -0.153. The zero-order valence-corrected chi connectivity index (χ0v) is 32.0. The fourth-order valence-corrected chi connectivity index (χ4v) is 8.14. The van der Waals surface area contributed by atoms with E-state index in [4.69, 9.17) is 14.2 Å². The van der Waals surface area contributed by atoms with Crippen LogP contribution in [0.25, 0.3) is 11.1 Å². The first-order chi connectivity index (χ1) is 27.5. The van der Waals surface area contributed by atoms with Gasteiger partial charge in [0.05, 0.1) is 58.1 Å². The maximum atomic E-state index is 13.5. The Hall–Kier alpha value is -6.16. The lowest BCUT2D eigenvalue weighted by atomic mass is 9.57. The van der Waals surface area contributed by atoms with E-state index in [1.807, 2.05) is 12.1 Å². The third-order valence-corrected chi connectivity index (χ3v) is 11.1. The van der Waals surface area contributed by atoms with Crippen LogP contribution < -0.4 is 31.0 Å². The molecule has 3 aromatic rings. The number of amides is 4. The summed E-state index contributed by atoms with van der Waals surface area (Å²) in [6.07, 6.45) is 4.91. The zero-order valence-electron chi connectivity index (χ0n) is 32.0. The van der Waals surface area contributed by atoms with Gasteiger partial charge in [0.2, 0.25) is 11.8 Å². The van der Waals surface area contributed by atoms with Crippen molar-refractivity contribution in [2.24, 2.45) is 18.0 Å². The Morgan fingerprint density at radius 2 is 1.63 bits per heavy atom. The van der Waals surface area contributed by atoms with Crippen molar-refractivity contribution in [3.05, 3.63) is 74.7 Å². The number of hydrogen-bond donors (Lipinski definition) is 3. The molecule has 298 valence electrons. The summed E-state index contributed by atoms with van der Waals surface area (Å²) in [7, 11) is 4.87. The fourth-order valence-electron chi connectivity index (χ4n) is 8.14. The molecule has 2 aliphatic heterocycles. The lowest BCUT2D eigenvalue weighted by Gasteiger charge is -2.53. The van der Waals surface area contributed by atoms with Gasteiger partial charge in [0, 0.05) is 72.8 Å². The lowest BCUT2D eigenvalue weighted by Crippen LogP contribution is -2.68. The number of aliphatic imine (C=N–C) groups is 1. The molecule has 16 nitrogen and oxygen atoms in total. The summed E-state index contributed by atoms with van der Waals surface area (Å²) in [5, 5.41) is 8.49. The Kier molecular flexibility index (Phi) is 11.1. The first-order valence-corrected chi connectivity index (χ1v) is 18.9. The maximum absolute atomic E-state index is 13.5. The van der Waals surface area contributed by atoms with Gasteiger partial charge in [0.15, 0.2) is 5.78 Å². The highest BCUT2D eigenvalue weighted by Crippen LogP contribution is 2.51. The van der Waals surface area contributed by atoms with Crippen LogP contribution in [-0.4, -0.2) is 103 Å². The van der Waals surface area contributed by atoms with Crippen molar-refractivity contribution in [2.75, 3.05) is 52.4 Å². The van der Waals surface area contributed by atoms with Crippen molar-refractivity contribution in [1.82, 2.24) is 20.1 Å². The third kappa shape index (κ3) is 7.32. The number of nitrogens with zero attached hydrogens (tertiary/aromatic N) is 3. The molecule has 0 spiro atoms. The van der Waals surface area contributed by atoms with Gasteiger partial charge < -0.3 is 34.7 Å². The molecule has 5 aliphatic rings. The molecule has 4 amide bonds. The highest BCUT2D eigenvalue weighted by molar-refractivity contribution is 6.27. The number of hydrogen-bond acceptors (Lipinski definition) is 12. The number of fused-ring (bicyclic) bond motifs is 4. The number of aryl methyl sites for hydroxylation is 1. The van der Waals surface area contributed by atoms with E-state index in [-0.39, 0.29) is 98.7 Å². The molecule has 0 radical (unpaired) electrons. The quantitative estimate of drug-likeness (QED) is 0.103. The Balaban J connectivity index is 0.809. The molecule has 0 atom stereocenters. The Labute approximate surface area is 327 Å². The predicted octanol–water partition coefficient (Wildman–Crippen LogP) is 1.97. The number of methoxy groups -OCH3 is 2. The SMILES string of the molecule is COc1cc(-c2cn(C)c(=O)c3c2C=NC3)cc(OC)c1CCCC(=O)NCCOCCNC(=O)CNc1cccc2c1C(=O)N(C13CC(C1)C(=O)CC3=O)C2=O. The summed E-state index contributed by atoms with van der Waals surface area (Å²) in [5.74, 6) is -1.31. The minimum Gasteiger partial charge on any atom is -0.496 e. The summed E-state index contributed by atoms with van der Waals surface area (Å²) in [4.78, 5) is 94.6. The van der Waals surface area contributed by atoms with Gasteiger partial charge in [0.25, 0.3) is 17.4 Å². The minimum absolute atomic E-state index is 0.0730. The summed E-state index contributed by atoms with van der Waals surface area (Å²) in [5.41, 5.74) is 3.16. The molecule has 3 fully saturated rings. The van der Waals surface area contributed by atoms with Gasteiger partial charge in [-0.1, -0.05) is 6.07 Å². The van der Waals surface area contributed by atoms with Crippen LogP contribution in [0, 0.1) is 5.92 Å². The number of benzene rings is 2. The molecular formula is C41H44N6O10. The van der Waals surface area contributed by atoms with E-state index in [2.05, 4.69) is 20.9 Å². The summed E-state index contributed by atoms with van der Waals surface area (Å²) in [6, 6.07) is 8.52. The maximum Gasteiger partial charge on any atom is 0.264 e. The minimum atomic E-state index is -1.27. The molecular weight excluding hydrogens is 736 g/mol. The number of anilines is 1. The normalized spacial score (nSPS) is 18.9. The molecule has 3 aliphatic carbocycles. The van der Waals surface area contributed by atoms with E-state index in [1.165, 1.54) is 6.07 Å². The summed E-state index contributed by atoms with van der Waals surface area (Å²) >= 11 is 0. The van der Waals surface area contributed by atoms with Crippen LogP contribution in [0.4, 0.5) is 5.69 Å². The van der Waals surface area contributed by atoms with Crippen LogP contribution in [0.5, 0.6) is 11.5 Å². The van der Waals surface area contributed by atoms with Gasteiger partial charge in [-0.3, -0.25) is 43.5 Å². The van der Waals surface area contributed by atoms with Crippen LogP contribution in [0.15, 0.2) is 46.3 Å². The molecule has 3 heterocycles. The number of pyridine rings is 1. The molecule has 1 aromatic heterocycles. The van der Waals surface area contributed by atoms with E-state index in [0.717, 1.165) is 27.2 Å². The van der Waals surface area contributed by atoms with Crippen molar-refractivity contribution < 1.29 is 43.0 Å². The van der Waals surface area contributed by atoms with Gasteiger partial charge in [-0.15, -0.1) is 0 Å². The number of nitrogens with one attached hydrogen (secondary N) is 3. The second-order valence-electron chi connectivity index (χ2n) is 14.6. The molecule has 16 heteroatoms. The van der Waals surface area contributed by atoms with Crippen LogP contribution in [0.3, 0.4) is 0 Å². The van der Waals surface area contributed by atoms with E-state index < -0.39 is 23.1 Å². The van der Waals surface area contributed by atoms with E-state index >= 15 is 0 Å². The molecule has 2 bridgehead atoms. The molecule has 57 heavy (non-hydrogen) atoms. The average Bonchev–Trinajstić information content (AvgIpc) is 3.77. The number of carbonyl (C=O) groups excluding carboxylic acids is 6. The predicted molar refractivity (Wildman–Crippen MR) is 207 cm³/mol. The summed E-state index contributed by atoms with van der Waals surface area (Å²) < 4.78 is 18.6. The second-order valence-corrected chi connectivity index (χ2v) is 14.6. The van der Waals surface area contributed by atoms with Gasteiger partial charge in [0.1, 0.15) is 22.8 Å². The van der Waals surface area contributed by atoms with Crippen molar-refractivity contribution >= 4 is 47.1 Å². The Bertz CT molecular complexity index is 2250. The second kappa shape index (κ2) is 16.1. The smallest absolute Gasteiger partial charge is 0.264 e. The molecule has 3 N–H and O–H groups in total. The standard InChI is InChI=1S/C41H44N6O10/c1-46-22-29(27-19-42-20-28(27)38(46)52)23-14-32(55-2)25(33(15-23)56-3)6-5-9-35(50)43-10-12-57-13-11-44-36(51)21-45-30-8-4-7-26-37(30)40(54)47(39(26)53)41-17-24(18-41)31(48)16-34(41)49/h4,7-8,14-15,19,22,24,45H,5-6,9-13,16-18,20-21H2,1-3H3,(H,43,50)(H,44,51). The van der Waals surface area contributed by atoms with Crippen LogP contribution >= 0.6 is 0 Å². The number of aromatic nitrogens is 1. The van der Waals surface area contributed by atoms with Gasteiger partial charge in [-0.2, -0.15) is 0 Å². The number of carbonyl (C=O) groups is 6. The largest absolute Gasteiger partial charge is 0.496 e. The molecule has 0 saturated heterocycles. The third-order valence-electron chi connectivity index (χ3n) is 11.1. The number of rotatable bonds is 17. The fraction of sp³-hybridized carbons (Fsp3) is 0.415. The van der Waals surface area contributed by atoms with Gasteiger partial charge >= 0.3 is 0 Å². The molecule has 0 unspecified atom stereocenters. The van der Waals surface area contributed by atoms with E-state index in [9.17, 15) is 33.6 Å². The van der Waals surface area contributed by atoms with Crippen LogP contribution in [-0.2, 0) is 43.9 Å². The Morgan fingerprint density at radius 1 is 0.930 bits per heavy atom. The first kappa shape index (κ1) is 39.1. The van der Waals surface area contributed by atoms with Gasteiger partial charge in [-0.25, -0.2) is 0 Å². The van der Waals surface area contributed by atoms with E-state index in [0.29, 0.717) is 42.1 Å². The van der Waals surface area contributed by atoms with Crippen LogP contribution in [0.2, 0.25) is 0 Å². The van der Waals surface area contributed by atoms with Crippen molar-refractivity contribution in [3.8, 4) is 22.6 Å². The topological polar surface area (TPSA) is 204 Å². The zero-order chi connectivity index (χ0) is 40.4. The average molecular weight is 781 g/mol. The number of ketones is 2. The molecule has 8 rings (SSSR count). The highest BCUT2D eigenvalue weighted by Gasteiger charge is 2.64. The summed E-state index contributed by atoms with van der Waals surface area (Å²) in [6.45, 7) is 1.11.